The van der Waals surface area contributed by atoms with Gasteiger partial charge >= 0.3 is 0 Å². The van der Waals surface area contributed by atoms with Gasteiger partial charge in [-0.1, -0.05) is 13.8 Å². The summed E-state index contributed by atoms with van der Waals surface area (Å²) in [6.07, 6.45) is 3.63. The van der Waals surface area contributed by atoms with Crippen LogP contribution >= 0.6 is 0 Å². The highest BCUT2D eigenvalue weighted by Gasteiger charge is 2.34. The van der Waals surface area contributed by atoms with Crippen molar-refractivity contribution in [3.05, 3.63) is 0 Å². The van der Waals surface area contributed by atoms with Gasteiger partial charge in [-0.3, -0.25) is 0 Å². The molecule has 16 heavy (non-hydrogen) atoms. The lowest BCUT2D eigenvalue weighted by molar-refractivity contribution is 0.0316. The van der Waals surface area contributed by atoms with E-state index in [1.807, 2.05) is 0 Å². The Morgan fingerprint density at radius 1 is 1.25 bits per heavy atom. The minimum atomic E-state index is 0.281. The maximum atomic E-state index is 6.16. The van der Waals surface area contributed by atoms with Crippen molar-refractivity contribution in [3.8, 4) is 0 Å². The van der Waals surface area contributed by atoms with Crippen molar-refractivity contribution in [1.82, 2.24) is 4.90 Å². The van der Waals surface area contributed by atoms with Crippen LogP contribution in [0.25, 0.3) is 0 Å². The van der Waals surface area contributed by atoms with Crippen LogP contribution in [0.3, 0.4) is 0 Å². The molecule has 2 saturated heterocycles. The highest BCUT2D eigenvalue weighted by Crippen LogP contribution is 2.29. The van der Waals surface area contributed by atoms with Gasteiger partial charge in [0.05, 0.1) is 0 Å². The second-order valence-electron chi connectivity index (χ2n) is 6.17. The first-order chi connectivity index (χ1) is 7.58. The topological polar surface area (TPSA) is 38.5 Å². The van der Waals surface area contributed by atoms with Crippen molar-refractivity contribution in [2.45, 2.75) is 39.2 Å². The molecule has 0 amide bonds. The lowest BCUT2D eigenvalue weighted by Crippen LogP contribution is -2.53. The quantitative estimate of drug-likeness (QED) is 0.775. The van der Waals surface area contributed by atoms with Gasteiger partial charge in [-0.05, 0) is 37.1 Å². The molecule has 2 fully saturated rings. The van der Waals surface area contributed by atoms with Crippen molar-refractivity contribution in [2.24, 2.45) is 17.1 Å². The van der Waals surface area contributed by atoms with E-state index >= 15 is 0 Å². The standard InChI is InChI=1S/C13H26N2O/c1-13(2)10-15(6-3-12(13)14)9-11-4-7-16-8-5-11/h11-12H,3-10,14H2,1-2H3. The molecule has 2 aliphatic heterocycles. The van der Waals surface area contributed by atoms with E-state index in [1.54, 1.807) is 0 Å². The number of rotatable bonds is 2. The van der Waals surface area contributed by atoms with Crippen molar-refractivity contribution in [2.75, 3.05) is 32.8 Å². The Balaban J connectivity index is 1.81. The fraction of sp³-hybridized carbons (Fsp3) is 1.00. The summed E-state index contributed by atoms with van der Waals surface area (Å²) >= 11 is 0. The van der Waals surface area contributed by atoms with E-state index in [1.165, 1.54) is 25.9 Å². The molecular formula is C13H26N2O. The Kier molecular flexibility index (Phi) is 3.88. The van der Waals surface area contributed by atoms with Gasteiger partial charge < -0.3 is 15.4 Å². The third-order valence-corrected chi connectivity index (χ3v) is 4.25. The van der Waals surface area contributed by atoms with Crippen LogP contribution in [0.5, 0.6) is 0 Å². The lowest BCUT2D eigenvalue weighted by Gasteiger charge is -2.44. The van der Waals surface area contributed by atoms with Gasteiger partial charge in [0, 0.05) is 32.3 Å². The SMILES string of the molecule is CC1(C)CN(CC2CCOCC2)CCC1N. The molecule has 2 N–H and O–H groups in total. The number of nitrogens with zero attached hydrogens (tertiary/aromatic N) is 1. The second-order valence-corrected chi connectivity index (χ2v) is 6.17. The molecule has 0 radical (unpaired) electrons. The second kappa shape index (κ2) is 5.03. The Morgan fingerprint density at radius 2 is 1.94 bits per heavy atom. The fourth-order valence-electron chi connectivity index (χ4n) is 2.93. The van der Waals surface area contributed by atoms with E-state index in [2.05, 4.69) is 18.7 Å². The summed E-state index contributed by atoms with van der Waals surface area (Å²) < 4.78 is 5.41. The summed E-state index contributed by atoms with van der Waals surface area (Å²) in [5.41, 5.74) is 6.44. The summed E-state index contributed by atoms with van der Waals surface area (Å²) in [4.78, 5) is 2.61. The number of hydrogen-bond acceptors (Lipinski definition) is 3. The minimum Gasteiger partial charge on any atom is -0.381 e. The summed E-state index contributed by atoms with van der Waals surface area (Å²) in [6.45, 7) is 10.1. The van der Waals surface area contributed by atoms with Gasteiger partial charge in [0.2, 0.25) is 0 Å². The van der Waals surface area contributed by atoms with Crippen LogP contribution in [0.4, 0.5) is 0 Å². The van der Waals surface area contributed by atoms with E-state index in [0.29, 0.717) is 6.04 Å². The summed E-state index contributed by atoms with van der Waals surface area (Å²) in [6, 6.07) is 0.374. The summed E-state index contributed by atoms with van der Waals surface area (Å²) in [5, 5.41) is 0. The third-order valence-electron chi connectivity index (χ3n) is 4.25. The van der Waals surface area contributed by atoms with E-state index < -0.39 is 0 Å². The van der Waals surface area contributed by atoms with E-state index in [0.717, 1.165) is 32.1 Å². The lowest BCUT2D eigenvalue weighted by atomic mass is 9.79. The predicted octanol–water partition coefficient (Wildman–Crippen LogP) is 1.47. The molecule has 0 bridgehead atoms. The minimum absolute atomic E-state index is 0.281. The average molecular weight is 226 g/mol. The van der Waals surface area contributed by atoms with Crippen LogP contribution in [0, 0.1) is 11.3 Å². The Labute approximate surface area is 99.3 Å². The number of ether oxygens (including phenoxy) is 1. The molecular weight excluding hydrogens is 200 g/mol. The van der Waals surface area contributed by atoms with Crippen LogP contribution in [0.15, 0.2) is 0 Å². The molecule has 0 aromatic heterocycles. The maximum Gasteiger partial charge on any atom is 0.0469 e. The van der Waals surface area contributed by atoms with Crippen LogP contribution in [0.1, 0.15) is 33.1 Å². The molecule has 0 saturated carbocycles. The highest BCUT2D eigenvalue weighted by atomic mass is 16.5. The van der Waals surface area contributed by atoms with Crippen LogP contribution in [-0.4, -0.2) is 43.8 Å². The van der Waals surface area contributed by atoms with E-state index in [-0.39, 0.29) is 5.41 Å². The molecule has 94 valence electrons. The first-order valence-electron chi connectivity index (χ1n) is 6.63. The Bertz CT molecular complexity index is 224. The monoisotopic (exact) mass is 226 g/mol. The zero-order valence-electron chi connectivity index (χ0n) is 10.7. The molecule has 1 unspecified atom stereocenters. The molecule has 2 heterocycles. The summed E-state index contributed by atoms with van der Waals surface area (Å²) in [5.74, 6) is 0.846. The number of hydrogen-bond donors (Lipinski definition) is 1. The van der Waals surface area contributed by atoms with E-state index in [4.69, 9.17) is 10.5 Å². The van der Waals surface area contributed by atoms with Gasteiger partial charge in [-0.15, -0.1) is 0 Å². The largest absolute Gasteiger partial charge is 0.381 e. The first-order valence-corrected chi connectivity index (χ1v) is 6.63. The molecule has 1 atom stereocenters. The van der Waals surface area contributed by atoms with Crippen LogP contribution in [-0.2, 0) is 4.74 Å². The van der Waals surface area contributed by atoms with Crippen molar-refractivity contribution in [3.63, 3.8) is 0 Å². The predicted molar refractivity (Wildman–Crippen MR) is 66.4 cm³/mol. The average Bonchev–Trinajstić information content (AvgIpc) is 2.25. The fourth-order valence-corrected chi connectivity index (χ4v) is 2.93. The molecule has 3 nitrogen and oxygen atoms in total. The first kappa shape index (κ1) is 12.3. The van der Waals surface area contributed by atoms with Gasteiger partial charge in [0.1, 0.15) is 0 Å². The van der Waals surface area contributed by atoms with Crippen molar-refractivity contribution in [1.29, 1.82) is 0 Å². The van der Waals surface area contributed by atoms with E-state index in [9.17, 15) is 0 Å². The number of nitrogens with two attached hydrogens (primary N) is 1. The normalized spacial score (nSPS) is 32.8. The van der Waals surface area contributed by atoms with Gasteiger partial charge in [0.15, 0.2) is 0 Å². The Morgan fingerprint density at radius 3 is 2.56 bits per heavy atom. The molecule has 3 heteroatoms. The van der Waals surface area contributed by atoms with Gasteiger partial charge in [0.25, 0.3) is 0 Å². The molecule has 0 aliphatic carbocycles. The smallest absolute Gasteiger partial charge is 0.0469 e. The molecule has 0 aromatic rings. The van der Waals surface area contributed by atoms with Crippen LogP contribution < -0.4 is 5.73 Å². The number of likely N-dealkylation sites (tertiary alicyclic amines) is 1. The zero-order valence-corrected chi connectivity index (χ0v) is 10.7. The molecule has 2 aliphatic rings. The van der Waals surface area contributed by atoms with Gasteiger partial charge in [-0.25, -0.2) is 0 Å². The molecule has 0 aromatic carbocycles. The molecule has 2 rings (SSSR count). The highest BCUT2D eigenvalue weighted by molar-refractivity contribution is 4.90. The maximum absolute atomic E-state index is 6.16. The van der Waals surface area contributed by atoms with Crippen LogP contribution in [0.2, 0.25) is 0 Å². The number of piperidine rings is 1. The molecule has 0 spiro atoms. The van der Waals surface area contributed by atoms with Gasteiger partial charge in [-0.2, -0.15) is 0 Å². The Hall–Kier alpha value is -0.120. The third kappa shape index (κ3) is 2.96. The summed E-state index contributed by atoms with van der Waals surface area (Å²) in [7, 11) is 0. The van der Waals surface area contributed by atoms with Crippen molar-refractivity contribution >= 4 is 0 Å². The van der Waals surface area contributed by atoms with Crippen molar-refractivity contribution < 1.29 is 4.74 Å². The zero-order chi connectivity index (χ0) is 11.6.